The molecule has 1 aromatic heterocycles. The van der Waals surface area contributed by atoms with Crippen molar-refractivity contribution in [2.45, 2.75) is 11.9 Å². The van der Waals surface area contributed by atoms with Gasteiger partial charge in [-0.25, -0.2) is 9.78 Å². The minimum atomic E-state index is -1.32. The fraction of sp³-hybridized carbons (Fsp3) is 0.300. The van der Waals surface area contributed by atoms with Crippen LogP contribution in [0.4, 0.5) is 5.69 Å². The maximum Gasteiger partial charge on any atom is 0.338 e. The summed E-state index contributed by atoms with van der Waals surface area (Å²) in [6.45, 7) is 2.23. The molecule has 0 aliphatic rings. The van der Waals surface area contributed by atoms with Gasteiger partial charge in [0.2, 0.25) is 5.91 Å². The number of carboxylic acid groups (broad SMARTS) is 1. The van der Waals surface area contributed by atoms with Crippen molar-refractivity contribution in [2.75, 3.05) is 12.3 Å². The Kier molecular flexibility index (Phi) is 5.24. The fourth-order valence-corrected chi connectivity index (χ4v) is 1.99. The molecule has 0 aliphatic carbocycles. The summed E-state index contributed by atoms with van der Waals surface area (Å²) in [5, 5.41) is 22.1. The largest absolute Gasteiger partial charge is 0.478 e. The lowest BCUT2D eigenvalue weighted by Gasteiger charge is -2.04. The number of nitrogens with zero attached hydrogens (tertiary/aromatic N) is 2. The lowest BCUT2D eigenvalue weighted by molar-refractivity contribution is -0.385. The van der Waals surface area contributed by atoms with Gasteiger partial charge in [-0.3, -0.25) is 14.9 Å². The number of carbonyl (C=O) groups excluding carboxylic acids is 1. The smallest absolute Gasteiger partial charge is 0.338 e. The predicted molar refractivity (Wildman–Crippen MR) is 67.3 cm³/mol. The van der Waals surface area contributed by atoms with Crippen molar-refractivity contribution in [1.29, 1.82) is 0 Å². The molecule has 0 radical (unpaired) electrons. The summed E-state index contributed by atoms with van der Waals surface area (Å²) in [6.07, 6.45) is 0.965. The van der Waals surface area contributed by atoms with E-state index >= 15 is 0 Å². The molecule has 0 saturated heterocycles. The molecule has 1 heterocycles. The molecule has 0 spiro atoms. The summed E-state index contributed by atoms with van der Waals surface area (Å²) >= 11 is 0.917. The third kappa shape index (κ3) is 4.21. The van der Waals surface area contributed by atoms with Gasteiger partial charge in [-0.1, -0.05) is 11.8 Å². The van der Waals surface area contributed by atoms with Crippen molar-refractivity contribution >= 4 is 29.3 Å². The standard InChI is InChI=1S/C10H11N3O5S/c1-2-11-8(14)5-19-9-7(10(15)16)3-6(4-12-9)13(17)18/h3-4H,2,5H2,1H3,(H,11,14)(H,15,16). The summed E-state index contributed by atoms with van der Waals surface area (Å²) in [6, 6.07) is 0.926. The number of carboxylic acids is 1. The van der Waals surface area contributed by atoms with Crippen molar-refractivity contribution in [3.05, 3.63) is 27.9 Å². The van der Waals surface area contributed by atoms with E-state index < -0.39 is 16.6 Å². The first-order valence-corrected chi connectivity index (χ1v) is 6.21. The second-order valence-corrected chi connectivity index (χ2v) is 4.31. The van der Waals surface area contributed by atoms with Crippen LogP contribution in [0.3, 0.4) is 0 Å². The molecule has 1 amide bonds. The monoisotopic (exact) mass is 285 g/mol. The average Bonchev–Trinajstić information content (AvgIpc) is 2.36. The molecule has 0 saturated carbocycles. The number of nitrogens with one attached hydrogen (secondary N) is 1. The molecule has 1 aromatic rings. The number of aromatic carboxylic acids is 1. The van der Waals surface area contributed by atoms with Crippen LogP contribution in [-0.2, 0) is 4.79 Å². The van der Waals surface area contributed by atoms with Crippen molar-refractivity contribution in [3.8, 4) is 0 Å². The van der Waals surface area contributed by atoms with E-state index in [-0.39, 0.29) is 22.2 Å². The number of thioether (sulfide) groups is 1. The molecule has 102 valence electrons. The van der Waals surface area contributed by atoms with Gasteiger partial charge >= 0.3 is 5.97 Å². The van der Waals surface area contributed by atoms with Crippen molar-refractivity contribution in [1.82, 2.24) is 10.3 Å². The first kappa shape index (κ1) is 14.9. The molecule has 8 nitrogen and oxygen atoms in total. The predicted octanol–water partition coefficient (Wildman–Crippen LogP) is 0.916. The Balaban J connectivity index is 2.91. The first-order chi connectivity index (χ1) is 8.95. The van der Waals surface area contributed by atoms with Gasteiger partial charge in [0.05, 0.1) is 16.2 Å². The molecule has 19 heavy (non-hydrogen) atoms. The van der Waals surface area contributed by atoms with E-state index in [9.17, 15) is 19.7 Å². The number of aromatic nitrogens is 1. The Labute approximate surface area is 112 Å². The van der Waals surface area contributed by atoms with Crippen LogP contribution in [0.1, 0.15) is 17.3 Å². The van der Waals surface area contributed by atoms with E-state index in [2.05, 4.69) is 10.3 Å². The third-order valence-electron chi connectivity index (χ3n) is 1.99. The van der Waals surface area contributed by atoms with Gasteiger partial charge < -0.3 is 10.4 Å². The molecule has 2 N–H and O–H groups in total. The van der Waals surface area contributed by atoms with Crippen molar-refractivity contribution in [2.24, 2.45) is 0 Å². The Morgan fingerprint density at radius 3 is 2.79 bits per heavy atom. The van der Waals surface area contributed by atoms with Gasteiger partial charge in [-0.05, 0) is 6.92 Å². The van der Waals surface area contributed by atoms with Crippen LogP contribution in [0.2, 0.25) is 0 Å². The van der Waals surface area contributed by atoms with Gasteiger partial charge in [0.15, 0.2) is 0 Å². The van der Waals surface area contributed by atoms with Crippen molar-refractivity contribution < 1.29 is 19.6 Å². The number of amides is 1. The number of hydrogen-bond donors (Lipinski definition) is 2. The highest BCUT2D eigenvalue weighted by molar-refractivity contribution is 8.00. The van der Waals surface area contributed by atoms with Gasteiger partial charge in [0.1, 0.15) is 11.2 Å². The third-order valence-corrected chi connectivity index (χ3v) is 3.00. The quantitative estimate of drug-likeness (QED) is 0.452. The summed E-state index contributed by atoms with van der Waals surface area (Å²) in [4.78, 5) is 35.8. The molecule has 0 fully saturated rings. The SMILES string of the molecule is CCNC(=O)CSc1ncc([N+](=O)[O-])cc1C(=O)O. The zero-order chi connectivity index (χ0) is 14.4. The summed E-state index contributed by atoms with van der Waals surface area (Å²) in [5.41, 5.74) is -0.691. The van der Waals surface area contributed by atoms with E-state index in [1.807, 2.05) is 0 Å². The highest BCUT2D eigenvalue weighted by atomic mass is 32.2. The molecule has 0 atom stereocenters. The molecule has 0 aromatic carbocycles. The average molecular weight is 285 g/mol. The Hall–Kier alpha value is -2.16. The maximum atomic E-state index is 11.3. The lowest BCUT2D eigenvalue weighted by atomic mass is 10.3. The van der Waals surface area contributed by atoms with Crippen LogP contribution in [0.15, 0.2) is 17.3 Å². The zero-order valence-electron chi connectivity index (χ0n) is 9.95. The van der Waals surface area contributed by atoms with E-state index in [1.54, 1.807) is 6.92 Å². The van der Waals surface area contributed by atoms with Gasteiger partial charge in [0.25, 0.3) is 5.69 Å². The number of rotatable bonds is 6. The molecular formula is C10H11N3O5S. The van der Waals surface area contributed by atoms with E-state index in [1.165, 1.54) is 0 Å². The Morgan fingerprint density at radius 2 is 2.26 bits per heavy atom. The van der Waals surface area contributed by atoms with Crippen molar-refractivity contribution in [3.63, 3.8) is 0 Å². The van der Waals surface area contributed by atoms with E-state index in [0.29, 0.717) is 6.54 Å². The van der Waals surface area contributed by atoms with Gasteiger partial charge in [0, 0.05) is 12.6 Å². The highest BCUT2D eigenvalue weighted by Crippen LogP contribution is 2.23. The van der Waals surface area contributed by atoms with Crippen LogP contribution in [0, 0.1) is 10.1 Å². The van der Waals surface area contributed by atoms with Gasteiger partial charge in [-0.15, -0.1) is 0 Å². The summed E-state index contributed by atoms with van der Waals surface area (Å²) < 4.78 is 0. The first-order valence-electron chi connectivity index (χ1n) is 5.23. The highest BCUT2D eigenvalue weighted by Gasteiger charge is 2.18. The summed E-state index contributed by atoms with van der Waals surface area (Å²) in [5.74, 6) is -1.59. The van der Waals surface area contributed by atoms with E-state index in [4.69, 9.17) is 5.11 Å². The molecule has 9 heteroatoms. The Bertz CT molecular complexity index is 520. The number of nitro groups is 1. The van der Waals surface area contributed by atoms with Crippen LogP contribution in [-0.4, -0.2) is 39.2 Å². The minimum Gasteiger partial charge on any atom is -0.478 e. The molecule has 0 aliphatic heterocycles. The van der Waals surface area contributed by atoms with Crippen LogP contribution in [0.25, 0.3) is 0 Å². The second kappa shape index (κ2) is 6.69. The lowest BCUT2D eigenvalue weighted by Crippen LogP contribution is -2.24. The molecule has 1 rings (SSSR count). The molecular weight excluding hydrogens is 274 g/mol. The normalized spacial score (nSPS) is 9.95. The molecule has 0 bridgehead atoms. The number of hydrogen-bond acceptors (Lipinski definition) is 6. The maximum absolute atomic E-state index is 11.3. The number of carbonyl (C=O) groups is 2. The second-order valence-electron chi connectivity index (χ2n) is 3.35. The summed E-state index contributed by atoms with van der Waals surface area (Å²) in [7, 11) is 0. The van der Waals surface area contributed by atoms with Crippen LogP contribution < -0.4 is 5.32 Å². The molecule has 0 unspecified atom stereocenters. The number of pyridine rings is 1. The van der Waals surface area contributed by atoms with E-state index in [0.717, 1.165) is 24.0 Å². The van der Waals surface area contributed by atoms with Crippen LogP contribution in [0.5, 0.6) is 0 Å². The van der Waals surface area contributed by atoms with Crippen LogP contribution >= 0.6 is 11.8 Å². The topological polar surface area (TPSA) is 122 Å². The fourth-order valence-electron chi connectivity index (χ4n) is 1.19. The van der Waals surface area contributed by atoms with Gasteiger partial charge in [-0.2, -0.15) is 0 Å². The zero-order valence-corrected chi connectivity index (χ0v) is 10.8. The Morgan fingerprint density at radius 1 is 1.58 bits per heavy atom. The minimum absolute atomic E-state index is 0.00106.